The van der Waals surface area contributed by atoms with E-state index >= 15 is 0 Å². The van der Waals surface area contributed by atoms with Crippen LogP contribution in [0.5, 0.6) is 0 Å². The molecule has 2 aromatic rings. The van der Waals surface area contributed by atoms with Crippen molar-refractivity contribution in [1.29, 1.82) is 0 Å². The van der Waals surface area contributed by atoms with Crippen molar-refractivity contribution in [3.8, 4) is 0 Å². The average molecular weight is 526 g/mol. The van der Waals surface area contributed by atoms with E-state index in [1.807, 2.05) is 25.1 Å². The zero-order chi connectivity index (χ0) is 26.2. The van der Waals surface area contributed by atoms with E-state index in [0.717, 1.165) is 55.1 Å². The summed E-state index contributed by atoms with van der Waals surface area (Å²) in [6.07, 6.45) is 4.36. The van der Waals surface area contributed by atoms with Gasteiger partial charge in [0, 0.05) is 36.8 Å². The minimum Gasteiger partial charge on any atom is -0.480 e. The van der Waals surface area contributed by atoms with E-state index in [0.29, 0.717) is 19.6 Å². The van der Waals surface area contributed by atoms with Crippen LogP contribution in [0.1, 0.15) is 42.5 Å². The third kappa shape index (κ3) is 7.93. The number of hydrogen-bond acceptors (Lipinski definition) is 7. The number of amides is 2. The Morgan fingerprint density at radius 2 is 2.05 bits per heavy atom. The number of rotatable bonds is 12. The van der Waals surface area contributed by atoms with Crippen molar-refractivity contribution in [2.24, 2.45) is 5.92 Å². The fraction of sp³-hybridized carbons (Fsp3) is 0.481. The number of aromatic nitrogens is 1. The van der Waals surface area contributed by atoms with Crippen molar-refractivity contribution < 1.29 is 19.5 Å². The molecule has 4 N–H and O–H groups in total. The maximum atomic E-state index is 12.5. The molecule has 1 aromatic heterocycles. The molecule has 1 atom stereocenters. The van der Waals surface area contributed by atoms with Crippen LogP contribution in [0.25, 0.3) is 0 Å². The molecule has 198 valence electrons. The van der Waals surface area contributed by atoms with Gasteiger partial charge in [-0.05, 0) is 80.3 Å². The van der Waals surface area contributed by atoms with Crippen LogP contribution in [-0.4, -0.2) is 64.4 Å². The highest BCUT2D eigenvalue weighted by Crippen LogP contribution is 2.31. The van der Waals surface area contributed by atoms with Crippen LogP contribution in [0, 0.1) is 12.8 Å². The molecule has 0 aliphatic carbocycles. The van der Waals surface area contributed by atoms with Gasteiger partial charge in [-0.3, -0.25) is 9.59 Å². The minimum absolute atomic E-state index is 0.283. The van der Waals surface area contributed by atoms with Crippen molar-refractivity contribution >= 4 is 35.5 Å². The van der Waals surface area contributed by atoms with Crippen molar-refractivity contribution in [3.63, 3.8) is 0 Å². The van der Waals surface area contributed by atoms with Crippen LogP contribution in [0.3, 0.4) is 0 Å². The lowest BCUT2D eigenvalue weighted by atomic mass is 10.0. The summed E-state index contributed by atoms with van der Waals surface area (Å²) in [5, 5.41) is 18.2. The quantitative estimate of drug-likeness (QED) is 0.246. The van der Waals surface area contributed by atoms with Gasteiger partial charge in [0.25, 0.3) is 0 Å². The maximum absolute atomic E-state index is 12.5. The molecular formula is C27H35N5O4S. The zero-order valence-electron chi connectivity index (χ0n) is 21.2. The third-order valence-corrected chi connectivity index (χ3v) is 7.60. The van der Waals surface area contributed by atoms with E-state index in [2.05, 4.69) is 43.4 Å². The Hall–Kier alpha value is -3.11. The lowest BCUT2D eigenvalue weighted by Crippen LogP contribution is -2.54. The van der Waals surface area contributed by atoms with Gasteiger partial charge in [-0.1, -0.05) is 18.2 Å². The molecule has 1 saturated heterocycles. The SMILES string of the molecule is Cc1cccc(SN2CC(C(=O)NC(CC(=O)NCCCCc3ccc4c(n3)NCCC4)C(=O)O)C2)c1. The molecule has 1 aromatic carbocycles. The number of carbonyl (C=O) groups excluding carboxylic acids is 2. The lowest BCUT2D eigenvalue weighted by Gasteiger charge is -2.37. The molecule has 1 unspecified atom stereocenters. The number of carbonyl (C=O) groups is 3. The van der Waals surface area contributed by atoms with E-state index in [1.165, 1.54) is 11.1 Å². The van der Waals surface area contributed by atoms with Crippen LogP contribution >= 0.6 is 11.9 Å². The summed E-state index contributed by atoms with van der Waals surface area (Å²) < 4.78 is 2.07. The highest BCUT2D eigenvalue weighted by Gasteiger charge is 2.35. The van der Waals surface area contributed by atoms with Crippen molar-refractivity contribution in [3.05, 3.63) is 53.2 Å². The topological polar surface area (TPSA) is 124 Å². The number of aryl methyl sites for hydroxylation is 3. The van der Waals surface area contributed by atoms with Gasteiger partial charge in [-0.2, -0.15) is 0 Å². The van der Waals surface area contributed by atoms with Crippen LogP contribution in [0.2, 0.25) is 0 Å². The van der Waals surface area contributed by atoms with Gasteiger partial charge in [0.2, 0.25) is 11.8 Å². The lowest BCUT2D eigenvalue weighted by molar-refractivity contribution is -0.144. The Labute approximate surface area is 221 Å². The summed E-state index contributed by atoms with van der Waals surface area (Å²) in [4.78, 5) is 42.3. The molecule has 0 saturated carbocycles. The largest absolute Gasteiger partial charge is 0.480 e. The second kappa shape index (κ2) is 12.9. The first-order valence-corrected chi connectivity index (χ1v) is 13.7. The van der Waals surface area contributed by atoms with E-state index in [1.54, 1.807) is 11.9 Å². The molecule has 1 fully saturated rings. The van der Waals surface area contributed by atoms with Crippen LogP contribution in [-0.2, 0) is 27.2 Å². The van der Waals surface area contributed by atoms with Gasteiger partial charge in [0.1, 0.15) is 11.9 Å². The average Bonchev–Trinajstić information content (AvgIpc) is 2.85. The molecule has 2 amide bonds. The Bertz CT molecular complexity index is 1120. The zero-order valence-corrected chi connectivity index (χ0v) is 22.0. The van der Waals surface area contributed by atoms with Crippen LogP contribution in [0.4, 0.5) is 5.82 Å². The van der Waals surface area contributed by atoms with Crippen molar-refractivity contribution in [1.82, 2.24) is 19.9 Å². The minimum atomic E-state index is -1.24. The number of aliphatic carboxylic acids is 1. The summed E-state index contributed by atoms with van der Waals surface area (Å²) in [6.45, 7) is 4.52. The standard InChI is InChI=1S/C27H35N5O4S/c1-18-6-4-9-22(14-18)37-32-16-20(17-32)26(34)31-23(27(35)36)15-24(33)28-12-3-2-8-21-11-10-19-7-5-13-29-25(19)30-21/h4,6,9-11,14,20,23H,2-3,5,7-8,12-13,15-17H2,1H3,(H,28,33)(H,29,30)(H,31,34)(H,35,36). The number of hydrogen-bond donors (Lipinski definition) is 4. The Kier molecular flexibility index (Phi) is 9.40. The number of nitrogens with zero attached hydrogens (tertiary/aromatic N) is 2. The van der Waals surface area contributed by atoms with E-state index < -0.39 is 12.0 Å². The fourth-order valence-corrected chi connectivity index (χ4v) is 5.60. The molecule has 10 heteroatoms. The van der Waals surface area contributed by atoms with Crippen LogP contribution in [0.15, 0.2) is 41.3 Å². The molecule has 4 rings (SSSR count). The Morgan fingerprint density at radius 1 is 1.22 bits per heavy atom. The number of carboxylic acid groups (broad SMARTS) is 1. The predicted octanol–water partition coefficient (Wildman–Crippen LogP) is 2.79. The molecule has 0 radical (unpaired) electrons. The number of pyridine rings is 1. The number of benzene rings is 1. The first kappa shape index (κ1) is 26.9. The van der Waals surface area contributed by atoms with Gasteiger partial charge < -0.3 is 21.1 Å². The highest BCUT2D eigenvalue weighted by molar-refractivity contribution is 7.97. The number of anilines is 1. The Morgan fingerprint density at radius 3 is 2.84 bits per heavy atom. The molecule has 2 aliphatic rings. The number of nitrogens with one attached hydrogen (secondary N) is 3. The van der Waals surface area contributed by atoms with Crippen molar-refractivity contribution in [2.45, 2.75) is 56.4 Å². The maximum Gasteiger partial charge on any atom is 0.326 e. The van der Waals surface area contributed by atoms with Gasteiger partial charge in [-0.15, -0.1) is 0 Å². The summed E-state index contributed by atoms with van der Waals surface area (Å²) in [7, 11) is 0. The molecule has 0 bridgehead atoms. The normalized spacial score (nSPS) is 16.1. The smallest absolute Gasteiger partial charge is 0.326 e. The summed E-state index contributed by atoms with van der Waals surface area (Å²) >= 11 is 1.58. The summed E-state index contributed by atoms with van der Waals surface area (Å²) in [6, 6.07) is 11.1. The number of unbranched alkanes of at least 4 members (excludes halogenated alkanes) is 1. The first-order chi connectivity index (χ1) is 17.9. The van der Waals surface area contributed by atoms with E-state index in [4.69, 9.17) is 0 Å². The highest BCUT2D eigenvalue weighted by atomic mass is 32.2. The molecule has 0 spiro atoms. The van der Waals surface area contributed by atoms with E-state index in [9.17, 15) is 19.5 Å². The van der Waals surface area contributed by atoms with Gasteiger partial charge in [0.15, 0.2) is 0 Å². The number of carboxylic acids is 1. The summed E-state index contributed by atoms with van der Waals surface area (Å²) in [5.74, 6) is -1.21. The Balaban J connectivity index is 1.12. The molecule has 3 heterocycles. The molecular weight excluding hydrogens is 490 g/mol. The second-order valence-electron chi connectivity index (χ2n) is 9.70. The predicted molar refractivity (Wildman–Crippen MR) is 143 cm³/mol. The summed E-state index contributed by atoms with van der Waals surface area (Å²) in [5.41, 5.74) is 3.46. The van der Waals surface area contributed by atoms with Gasteiger partial charge in [-0.25, -0.2) is 14.1 Å². The van der Waals surface area contributed by atoms with E-state index in [-0.39, 0.29) is 24.2 Å². The molecule has 37 heavy (non-hydrogen) atoms. The van der Waals surface area contributed by atoms with Crippen LogP contribution < -0.4 is 16.0 Å². The second-order valence-corrected chi connectivity index (χ2v) is 10.9. The first-order valence-electron chi connectivity index (χ1n) is 12.9. The van der Waals surface area contributed by atoms with Gasteiger partial charge in [0.05, 0.1) is 12.3 Å². The molecule has 2 aliphatic heterocycles. The third-order valence-electron chi connectivity index (χ3n) is 6.58. The van der Waals surface area contributed by atoms with Gasteiger partial charge >= 0.3 is 5.97 Å². The number of fused-ring (bicyclic) bond motifs is 1. The fourth-order valence-electron chi connectivity index (χ4n) is 4.41. The monoisotopic (exact) mass is 525 g/mol. The molecule has 9 nitrogen and oxygen atoms in total. The van der Waals surface area contributed by atoms with Crippen molar-refractivity contribution in [2.75, 3.05) is 31.5 Å².